The first-order chi connectivity index (χ1) is 12.9. The number of anilines is 4. The van der Waals surface area contributed by atoms with Crippen LogP contribution in [-0.4, -0.2) is 35.7 Å². The Hall–Kier alpha value is -2.72. The van der Waals surface area contributed by atoms with Gasteiger partial charge in [0.15, 0.2) is 5.82 Å². The van der Waals surface area contributed by atoms with Crippen LogP contribution < -0.4 is 31.5 Å². The van der Waals surface area contributed by atoms with Crippen LogP contribution in [-0.2, 0) is 6.54 Å². The minimum atomic E-state index is -2.87. The molecule has 1 aliphatic carbocycles. The second-order valence-corrected chi connectivity index (χ2v) is 6.84. The largest absolute Gasteiger partial charge is 0.435 e. The molecule has 10 heteroatoms. The second kappa shape index (κ2) is 6.78. The van der Waals surface area contributed by atoms with Crippen LogP contribution in [0.1, 0.15) is 18.4 Å². The smallest absolute Gasteiger partial charge is 0.387 e. The van der Waals surface area contributed by atoms with Crippen LogP contribution in [0.4, 0.5) is 32.1 Å². The monoisotopic (exact) mass is 377 g/mol. The Morgan fingerprint density at radius 2 is 2.19 bits per heavy atom. The molecule has 0 atom stereocenters. The average Bonchev–Trinajstić information content (AvgIpc) is 3.24. The Morgan fingerprint density at radius 3 is 2.93 bits per heavy atom. The molecule has 4 rings (SSSR count). The van der Waals surface area contributed by atoms with Gasteiger partial charge >= 0.3 is 6.61 Å². The van der Waals surface area contributed by atoms with Crippen LogP contribution in [0.25, 0.3) is 0 Å². The molecule has 1 saturated carbocycles. The fourth-order valence-corrected chi connectivity index (χ4v) is 2.85. The average molecular weight is 377 g/mol. The van der Waals surface area contributed by atoms with Gasteiger partial charge in [-0.05, 0) is 25.0 Å². The minimum Gasteiger partial charge on any atom is -0.435 e. The van der Waals surface area contributed by atoms with Crippen LogP contribution in [0, 0.1) is 0 Å². The van der Waals surface area contributed by atoms with E-state index in [2.05, 4.69) is 30.8 Å². The first-order valence-corrected chi connectivity index (χ1v) is 8.65. The number of halogens is 2. The molecule has 2 heterocycles. The summed E-state index contributed by atoms with van der Waals surface area (Å²) in [5.74, 6) is 1.88. The van der Waals surface area contributed by atoms with Crippen molar-refractivity contribution in [2.24, 2.45) is 5.73 Å². The molecule has 0 spiro atoms. The molecule has 1 aromatic heterocycles. The predicted octanol–water partition coefficient (Wildman–Crippen LogP) is 2.18. The van der Waals surface area contributed by atoms with Crippen molar-refractivity contribution in [1.29, 1.82) is 0 Å². The molecular weight excluding hydrogens is 356 g/mol. The van der Waals surface area contributed by atoms with Crippen LogP contribution in [0.3, 0.4) is 0 Å². The number of aromatic nitrogens is 2. The number of benzene rings is 1. The van der Waals surface area contributed by atoms with E-state index in [9.17, 15) is 8.78 Å². The lowest BCUT2D eigenvalue weighted by Gasteiger charge is -2.16. The molecule has 0 amide bonds. The third-order valence-electron chi connectivity index (χ3n) is 4.61. The Balaban J connectivity index is 1.59. The minimum absolute atomic E-state index is 0.0769. The summed E-state index contributed by atoms with van der Waals surface area (Å²) in [6.45, 7) is -1.72. The van der Waals surface area contributed by atoms with E-state index in [0.717, 1.165) is 24.2 Å². The molecule has 8 nitrogen and oxygen atoms in total. The molecule has 144 valence electrons. The number of ether oxygens (including phenoxy) is 1. The lowest BCUT2D eigenvalue weighted by molar-refractivity contribution is -0.0498. The molecule has 1 aliphatic heterocycles. The Kier molecular flexibility index (Phi) is 4.44. The predicted molar refractivity (Wildman–Crippen MR) is 98.3 cm³/mol. The van der Waals surface area contributed by atoms with E-state index < -0.39 is 6.61 Å². The lowest BCUT2D eigenvalue weighted by Crippen LogP contribution is -2.32. The summed E-state index contributed by atoms with van der Waals surface area (Å²) in [4.78, 5) is 9.10. The molecular formula is C17H21F2N7O. The molecule has 0 saturated heterocycles. The van der Waals surface area contributed by atoms with Crippen molar-refractivity contribution < 1.29 is 13.5 Å². The van der Waals surface area contributed by atoms with E-state index in [4.69, 9.17) is 5.73 Å². The normalized spacial score (nSPS) is 17.0. The van der Waals surface area contributed by atoms with Crippen molar-refractivity contribution >= 4 is 23.3 Å². The summed E-state index contributed by atoms with van der Waals surface area (Å²) in [6, 6.07) is 6.36. The van der Waals surface area contributed by atoms with Gasteiger partial charge in [-0.3, -0.25) is 5.01 Å². The Morgan fingerprint density at radius 1 is 1.37 bits per heavy atom. The molecule has 0 bridgehead atoms. The van der Waals surface area contributed by atoms with Gasteiger partial charge in [0.2, 0.25) is 5.95 Å². The maximum atomic E-state index is 12.4. The fraction of sp³-hybridized carbons (Fsp3) is 0.412. The summed E-state index contributed by atoms with van der Waals surface area (Å²) in [6.07, 6.45) is 1.96. The second-order valence-electron chi connectivity index (χ2n) is 6.84. The number of hydrazine groups is 1. The van der Waals surface area contributed by atoms with Crippen molar-refractivity contribution in [3.8, 4) is 5.75 Å². The highest BCUT2D eigenvalue weighted by Gasteiger charge is 2.38. The summed E-state index contributed by atoms with van der Waals surface area (Å²) in [5.41, 5.74) is 10.6. The van der Waals surface area contributed by atoms with Gasteiger partial charge in [-0.1, -0.05) is 6.07 Å². The van der Waals surface area contributed by atoms with Crippen LogP contribution in [0.15, 0.2) is 24.3 Å². The Labute approximate surface area is 155 Å². The topological polar surface area (TPSA) is 100 Å². The van der Waals surface area contributed by atoms with Crippen molar-refractivity contribution in [1.82, 2.24) is 15.4 Å². The van der Waals surface area contributed by atoms with E-state index in [1.54, 1.807) is 12.1 Å². The van der Waals surface area contributed by atoms with Gasteiger partial charge in [0.1, 0.15) is 11.6 Å². The zero-order valence-electron chi connectivity index (χ0n) is 14.8. The van der Waals surface area contributed by atoms with Crippen LogP contribution in [0.5, 0.6) is 5.75 Å². The van der Waals surface area contributed by atoms with Gasteiger partial charge in [0, 0.05) is 37.4 Å². The van der Waals surface area contributed by atoms with Gasteiger partial charge in [-0.25, -0.2) is 5.43 Å². The standard InChI is InChI=1S/C17H21F2N7O/c1-26-14-12(8-22-26)13(24-16(25-14)21-9-17(20)5-6-17)23-10-3-2-4-11(7-10)27-15(18)19/h2-4,7,15,22H,5-6,8-9,20H2,1H3,(H2,21,23,24,25). The van der Waals surface area contributed by atoms with Gasteiger partial charge < -0.3 is 21.1 Å². The van der Waals surface area contributed by atoms with E-state index in [1.807, 2.05) is 12.1 Å². The lowest BCUT2D eigenvalue weighted by atomic mass is 10.2. The molecule has 5 N–H and O–H groups in total. The van der Waals surface area contributed by atoms with E-state index in [0.29, 0.717) is 30.5 Å². The summed E-state index contributed by atoms with van der Waals surface area (Å²) >= 11 is 0. The molecule has 0 radical (unpaired) electrons. The zero-order chi connectivity index (χ0) is 19.0. The molecule has 0 unspecified atom stereocenters. The van der Waals surface area contributed by atoms with Gasteiger partial charge in [0.05, 0.1) is 5.56 Å². The number of alkyl halides is 2. The van der Waals surface area contributed by atoms with Crippen LogP contribution in [0.2, 0.25) is 0 Å². The third kappa shape index (κ3) is 4.01. The number of nitrogens with zero attached hydrogens (tertiary/aromatic N) is 3. The highest BCUT2D eigenvalue weighted by Crippen LogP contribution is 2.34. The SMILES string of the molecule is CN1NCc2c(Nc3cccc(OC(F)F)c3)nc(NCC3(N)CC3)nc21. The highest BCUT2D eigenvalue weighted by atomic mass is 19.3. The summed E-state index contributed by atoms with van der Waals surface area (Å²) in [5, 5.41) is 8.19. The number of nitrogens with two attached hydrogens (primary N) is 1. The van der Waals surface area contributed by atoms with Gasteiger partial charge in [-0.2, -0.15) is 18.7 Å². The first-order valence-electron chi connectivity index (χ1n) is 8.65. The van der Waals surface area contributed by atoms with E-state index in [-0.39, 0.29) is 11.3 Å². The Bertz CT molecular complexity index is 844. The van der Waals surface area contributed by atoms with Gasteiger partial charge in [-0.15, -0.1) is 0 Å². The number of hydrogen-bond acceptors (Lipinski definition) is 8. The van der Waals surface area contributed by atoms with Gasteiger partial charge in [0.25, 0.3) is 0 Å². The molecule has 1 aromatic carbocycles. The quantitative estimate of drug-likeness (QED) is 0.583. The summed E-state index contributed by atoms with van der Waals surface area (Å²) < 4.78 is 29.3. The maximum Gasteiger partial charge on any atom is 0.387 e. The maximum absolute atomic E-state index is 12.4. The summed E-state index contributed by atoms with van der Waals surface area (Å²) in [7, 11) is 1.87. The molecule has 27 heavy (non-hydrogen) atoms. The van der Waals surface area contributed by atoms with Crippen LogP contribution >= 0.6 is 0 Å². The van der Waals surface area contributed by atoms with Crippen molar-refractivity contribution in [3.05, 3.63) is 29.8 Å². The number of rotatable bonds is 7. The molecule has 2 aliphatic rings. The van der Waals surface area contributed by atoms with Crippen molar-refractivity contribution in [3.63, 3.8) is 0 Å². The molecule has 1 fully saturated rings. The zero-order valence-corrected chi connectivity index (χ0v) is 14.8. The molecule has 2 aromatic rings. The number of hydrogen-bond donors (Lipinski definition) is 4. The van der Waals surface area contributed by atoms with Crippen molar-refractivity contribution in [2.45, 2.75) is 31.5 Å². The van der Waals surface area contributed by atoms with E-state index >= 15 is 0 Å². The first kappa shape index (κ1) is 17.7. The number of fused-ring (bicyclic) bond motifs is 1. The fourth-order valence-electron chi connectivity index (χ4n) is 2.85. The highest BCUT2D eigenvalue weighted by molar-refractivity contribution is 5.69. The van der Waals surface area contributed by atoms with Crippen molar-refractivity contribution in [2.75, 3.05) is 29.2 Å². The third-order valence-corrected chi connectivity index (χ3v) is 4.61. The number of nitrogens with one attached hydrogen (secondary N) is 3. The van der Waals surface area contributed by atoms with E-state index in [1.165, 1.54) is 12.1 Å².